The van der Waals surface area contributed by atoms with E-state index in [4.69, 9.17) is 0 Å². The van der Waals surface area contributed by atoms with Gasteiger partial charge in [-0.15, -0.1) is 0 Å². The number of halogens is 3. The molecule has 0 aliphatic rings. The number of hydrogen-bond donors (Lipinski definition) is 1. The molecule has 0 bridgehead atoms. The van der Waals surface area contributed by atoms with Gasteiger partial charge in [-0.2, -0.15) is 13.2 Å². The van der Waals surface area contributed by atoms with Gasteiger partial charge in [0.1, 0.15) is 10.3 Å². The molecule has 0 fully saturated rings. The Morgan fingerprint density at radius 2 is 2.04 bits per heavy atom. The molecule has 0 spiro atoms. The van der Waals surface area contributed by atoms with Crippen LogP contribution in [0.1, 0.15) is 31.3 Å². The van der Waals surface area contributed by atoms with E-state index in [0.29, 0.717) is 44.0 Å². The number of rotatable bonds is 4. The van der Waals surface area contributed by atoms with Gasteiger partial charge in [0.2, 0.25) is 0 Å². The molecule has 9 heteroatoms. The van der Waals surface area contributed by atoms with E-state index in [1.165, 1.54) is 24.4 Å². The Balaban J connectivity index is 1.79. The number of thiazole rings is 1. The van der Waals surface area contributed by atoms with E-state index in [0.717, 1.165) is 17.4 Å². The van der Waals surface area contributed by atoms with Crippen molar-refractivity contribution in [3.8, 4) is 0 Å². The molecule has 1 aromatic carbocycles. The molecule has 0 unspecified atom stereocenters. The number of carbonyl (C=O) groups excluding carboxylic acids is 2. The number of nitrogens with one attached hydrogen (secondary N) is 1. The smallest absolute Gasteiger partial charge is 0.321 e. The average Bonchev–Trinajstić information content (AvgIpc) is 3.01. The standard InChI is InChI=1S/C18H12F3N3O2S/c1-10-6-11(4-5-18(19,20)21)2-3-13(10)16(26)23-12-7-14-17(22-8-12)27-15(9-25)24-14/h2-9H,1H3,(H,23,26)/b5-4+. The van der Waals surface area contributed by atoms with E-state index in [-0.39, 0.29) is 6.08 Å². The number of aldehydes is 1. The number of allylic oxidation sites excluding steroid dienone is 1. The molecule has 2 aromatic heterocycles. The summed E-state index contributed by atoms with van der Waals surface area (Å²) in [6, 6.07) is 5.98. The van der Waals surface area contributed by atoms with Crippen LogP contribution in [0.2, 0.25) is 0 Å². The maximum Gasteiger partial charge on any atom is 0.409 e. The Kier molecular flexibility index (Phi) is 5.04. The summed E-state index contributed by atoms with van der Waals surface area (Å²) in [6.45, 7) is 1.64. The second-order valence-electron chi connectivity index (χ2n) is 5.62. The van der Waals surface area contributed by atoms with Crippen LogP contribution in [0.3, 0.4) is 0 Å². The zero-order valence-corrected chi connectivity index (χ0v) is 14.7. The first-order chi connectivity index (χ1) is 12.7. The number of nitrogens with zero attached hydrogens (tertiary/aromatic N) is 2. The molecular formula is C18H12F3N3O2S. The summed E-state index contributed by atoms with van der Waals surface area (Å²) in [5, 5.41) is 2.96. The van der Waals surface area contributed by atoms with Crippen LogP contribution < -0.4 is 5.32 Å². The van der Waals surface area contributed by atoms with Crippen LogP contribution in [-0.4, -0.2) is 28.3 Å². The van der Waals surface area contributed by atoms with Crippen LogP contribution in [-0.2, 0) is 0 Å². The minimum Gasteiger partial charge on any atom is -0.321 e. The molecule has 0 radical (unpaired) electrons. The van der Waals surface area contributed by atoms with Gasteiger partial charge in [-0.3, -0.25) is 9.59 Å². The molecule has 0 aliphatic carbocycles. The quantitative estimate of drug-likeness (QED) is 0.658. The lowest BCUT2D eigenvalue weighted by Crippen LogP contribution is -2.13. The zero-order chi connectivity index (χ0) is 19.6. The molecule has 0 saturated carbocycles. The van der Waals surface area contributed by atoms with Crippen LogP contribution in [0.25, 0.3) is 16.4 Å². The second-order valence-corrected chi connectivity index (χ2v) is 6.63. The summed E-state index contributed by atoms with van der Waals surface area (Å²) in [5.41, 5.74) is 2.09. The van der Waals surface area contributed by atoms with Crippen molar-refractivity contribution in [2.75, 3.05) is 5.32 Å². The van der Waals surface area contributed by atoms with E-state index < -0.39 is 12.1 Å². The highest BCUT2D eigenvalue weighted by molar-refractivity contribution is 7.19. The van der Waals surface area contributed by atoms with Gasteiger partial charge in [0, 0.05) is 11.6 Å². The van der Waals surface area contributed by atoms with Crippen molar-refractivity contribution in [3.63, 3.8) is 0 Å². The average molecular weight is 391 g/mol. The van der Waals surface area contributed by atoms with Crippen molar-refractivity contribution in [1.29, 1.82) is 0 Å². The first kappa shape index (κ1) is 18.7. The van der Waals surface area contributed by atoms with E-state index in [9.17, 15) is 22.8 Å². The Morgan fingerprint density at radius 1 is 1.26 bits per heavy atom. The molecule has 5 nitrogen and oxygen atoms in total. The van der Waals surface area contributed by atoms with Crippen LogP contribution in [0.4, 0.5) is 18.9 Å². The Bertz CT molecular complexity index is 1060. The highest BCUT2D eigenvalue weighted by atomic mass is 32.1. The topological polar surface area (TPSA) is 72.0 Å². The molecule has 2 heterocycles. The Labute approximate surface area is 155 Å². The summed E-state index contributed by atoms with van der Waals surface area (Å²) in [4.78, 5) is 32.0. The molecule has 27 heavy (non-hydrogen) atoms. The van der Waals surface area contributed by atoms with Gasteiger partial charge in [0.05, 0.1) is 11.9 Å². The van der Waals surface area contributed by atoms with E-state index in [1.54, 1.807) is 13.0 Å². The van der Waals surface area contributed by atoms with Crippen molar-refractivity contribution < 1.29 is 22.8 Å². The number of hydrogen-bond acceptors (Lipinski definition) is 5. The van der Waals surface area contributed by atoms with Gasteiger partial charge in [-0.05, 0) is 30.2 Å². The van der Waals surface area contributed by atoms with Crippen LogP contribution >= 0.6 is 11.3 Å². The number of anilines is 1. The number of benzene rings is 1. The predicted octanol–water partition coefficient (Wildman–Crippen LogP) is 4.64. The summed E-state index contributed by atoms with van der Waals surface area (Å²) < 4.78 is 36.7. The number of fused-ring (bicyclic) bond motifs is 1. The fourth-order valence-corrected chi connectivity index (χ4v) is 3.10. The monoisotopic (exact) mass is 391 g/mol. The summed E-state index contributed by atoms with van der Waals surface area (Å²) in [5.74, 6) is -0.425. The lowest BCUT2D eigenvalue weighted by atomic mass is 10.0. The third-order valence-corrected chi connectivity index (χ3v) is 4.49. The molecule has 0 saturated heterocycles. The first-order valence-electron chi connectivity index (χ1n) is 7.65. The Hall–Kier alpha value is -3.07. The Morgan fingerprint density at radius 3 is 2.70 bits per heavy atom. The fourth-order valence-electron chi connectivity index (χ4n) is 2.39. The summed E-state index contributed by atoms with van der Waals surface area (Å²) in [7, 11) is 0. The highest BCUT2D eigenvalue weighted by Crippen LogP contribution is 2.23. The molecular weight excluding hydrogens is 379 g/mol. The fraction of sp³-hybridized carbons (Fsp3) is 0.111. The molecule has 1 amide bonds. The minimum atomic E-state index is -4.39. The molecule has 3 aromatic rings. The van der Waals surface area contributed by atoms with E-state index in [1.807, 2.05) is 0 Å². The number of alkyl halides is 3. The van der Waals surface area contributed by atoms with Crippen molar-refractivity contribution in [2.45, 2.75) is 13.1 Å². The lowest BCUT2D eigenvalue weighted by Gasteiger charge is -2.08. The summed E-state index contributed by atoms with van der Waals surface area (Å²) in [6.07, 6.45) is -1.23. The van der Waals surface area contributed by atoms with Crippen molar-refractivity contribution in [1.82, 2.24) is 9.97 Å². The van der Waals surface area contributed by atoms with Crippen LogP contribution in [0.15, 0.2) is 36.5 Å². The third kappa shape index (κ3) is 4.56. The van der Waals surface area contributed by atoms with Crippen molar-refractivity contribution >= 4 is 45.6 Å². The maximum atomic E-state index is 12.4. The van der Waals surface area contributed by atoms with E-state index in [2.05, 4.69) is 15.3 Å². The van der Waals surface area contributed by atoms with Gasteiger partial charge >= 0.3 is 6.18 Å². The van der Waals surface area contributed by atoms with Gasteiger partial charge < -0.3 is 5.32 Å². The zero-order valence-electron chi connectivity index (χ0n) is 13.9. The lowest BCUT2D eigenvalue weighted by molar-refractivity contribution is -0.0790. The SMILES string of the molecule is Cc1cc(/C=C/C(F)(F)F)ccc1C(=O)Nc1cnc2sc(C=O)nc2c1. The molecule has 3 rings (SSSR count). The highest BCUT2D eigenvalue weighted by Gasteiger charge is 2.21. The van der Waals surface area contributed by atoms with Gasteiger partial charge in [-0.1, -0.05) is 29.5 Å². The predicted molar refractivity (Wildman–Crippen MR) is 97.0 cm³/mol. The van der Waals surface area contributed by atoms with Gasteiger partial charge in [-0.25, -0.2) is 9.97 Å². The third-order valence-electron chi connectivity index (χ3n) is 3.58. The number of pyridine rings is 1. The summed E-state index contributed by atoms with van der Waals surface area (Å²) >= 11 is 1.14. The van der Waals surface area contributed by atoms with Crippen LogP contribution in [0.5, 0.6) is 0 Å². The number of amides is 1. The van der Waals surface area contributed by atoms with Crippen LogP contribution in [0, 0.1) is 6.92 Å². The molecule has 0 atom stereocenters. The normalized spacial score (nSPS) is 11.9. The molecule has 0 aliphatic heterocycles. The van der Waals surface area contributed by atoms with Gasteiger partial charge in [0.25, 0.3) is 5.91 Å². The van der Waals surface area contributed by atoms with Gasteiger partial charge in [0.15, 0.2) is 11.3 Å². The minimum absolute atomic E-state index is 0.143. The maximum absolute atomic E-state index is 12.4. The van der Waals surface area contributed by atoms with Crippen molar-refractivity contribution in [2.24, 2.45) is 0 Å². The first-order valence-corrected chi connectivity index (χ1v) is 8.46. The molecule has 1 N–H and O–H groups in total. The number of carbonyl (C=O) groups is 2. The van der Waals surface area contributed by atoms with E-state index >= 15 is 0 Å². The molecule has 138 valence electrons. The number of aryl methyl sites for hydroxylation is 1. The second kappa shape index (κ2) is 7.28. The van der Waals surface area contributed by atoms with Crippen molar-refractivity contribution in [3.05, 3.63) is 58.2 Å². The number of aromatic nitrogens is 2. The largest absolute Gasteiger partial charge is 0.409 e.